The van der Waals surface area contributed by atoms with Crippen LogP contribution in [0.3, 0.4) is 0 Å². The van der Waals surface area contributed by atoms with Crippen molar-refractivity contribution in [2.24, 2.45) is 0 Å². The van der Waals surface area contributed by atoms with E-state index in [1.165, 1.54) is 10.8 Å². The van der Waals surface area contributed by atoms with Crippen molar-refractivity contribution in [3.05, 3.63) is 48.0 Å². The number of nitriles is 1. The fraction of sp³-hybridized carbons (Fsp3) is 0.353. The molecule has 0 aliphatic carbocycles. The van der Waals surface area contributed by atoms with E-state index < -0.39 is 5.41 Å². The van der Waals surface area contributed by atoms with Crippen LogP contribution in [0.4, 0.5) is 0 Å². The Kier molecular flexibility index (Phi) is 3.87. The molecule has 2 heteroatoms. The second-order valence-corrected chi connectivity index (χ2v) is 5.52. The highest BCUT2D eigenvalue weighted by molar-refractivity contribution is 5.87. The lowest BCUT2D eigenvalue weighted by Crippen LogP contribution is -2.26. The summed E-state index contributed by atoms with van der Waals surface area (Å²) in [5, 5.41) is 12.0. The summed E-state index contributed by atoms with van der Waals surface area (Å²) >= 11 is 0. The molecule has 0 bridgehead atoms. The van der Waals surface area contributed by atoms with Gasteiger partial charge in [-0.25, -0.2) is 0 Å². The maximum absolute atomic E-state index is 9.64. The molecular formula is C17H20N2. The molecule has 0 heterocycles. The Hall–Kier alpha value is -1.85. The molecule has 0 saturated heterocycles. The highest BCUT2D eigenvalue weighted by Crippen LogP contribution is 2.32. The first-order valence-corrected chi connectivity index (χ1v) is 6.61. The molecule has 19 heavy (non-hydrogen) atoms. The number of benzene rings is 2. The maximum Gasteiger partial charge on any atom is 0.0812 e. The summed E-state index contributed by atoms with van der Waals surface area (Å²) in [6.45, 7) is 2.95. The minimum atomic E-state index is -0.439. The average Bonchev–Trinajstić information content (AvgIpc) is 2.44. The fourth-order valence-corrected chi connectivity index (χ4v) is 2.40. The first-order valence-electron chi connectivity index (χ1n) is 6.61. The van der Waals surface area contributed by atoms with Gasteiger partial charge in [0.05, 0.1) is 11.5 Å². The average molecular weight is 252 g/mol. The van der Waals surface area contributed by atoms with Crippen LogP contribution in [-0.4, -0.2) is 25.5 Å². The standard InChI is InChI=1S/C17H20N2/c1-17(13-18,11-12-19(2)3)16-10-6-8-14-7-4-5-9-15(14)16/h4-10H,11-12H2,1-3H3/t17-/m1/s1. The van der Waals surface area contributed by atoms with Gasteiger partial charge in [0.1, 0.15) is 0 Å². The molecule has 0 fully saturated rings. The third-order valence-electron chi connectivity index (χ3n) is 3.69. The van der Waals surface area contributed by atoms with Crippen molar-refractivity contribution in [3.8, 4) is 6.07 Å². The van der Waals surface area contributed by atoms with Gasteiger partial charge in [-0.3, -0.25) is 0 Å². The minimum Gasteiger partial charge on any atom is -0.309 e. The zero-order chi connectivity index (χ0) is 13.9. The Labute approximate surface area is 115 Å². The van der Waals surface area contributed by atoms with Crippen LogP contribution in [0, 0.1) is 11.3 Å². The van der Waals surface area contributed by atoms with Crippen molar-refractivity contribution in [2.75, 3.05) is 20.6 Å². The van der Waals surface area contributed by atoms with Crippen molar-refractivity contribution in [1.29, 1.82) is 5.26 Å². The van der Waals surface area contributed by atoms with Crippen LogP contribution in [0.15, 0.2) is 42.5 Å². The van der Waals surface area contributed by atoms with E-state index in [0.717, 1.165) is 18.5 Å². The molecule has 2 aromatic rings. The second kappa shape index (κ2) is 5.42. The third kappa shape index (κ3) is 2.77. The minimum absolute atomic E-state index is 0.439. The molecule has 0 aliphatic rings. The summed E-state index contributed by atoms with van der Waals surface area (Å²) < 4.78 is 0. The molecule has 0 saturated carbocycles. The molecule has 1 atom stereocenters. The van der Waals surface area contributed by atoms with Gasteiger partial charge in [0.25, 0.3) is 0 Å². The number of fused-ring (bicyclic) bond motifs is 1. The van der Waals surface area contributed by atoms with E-state index >= 15 is 0 Å². The molecule has 0 aliphatic heterocycles. The zero-order valence-electron chi connectivity index (χ0n) is 11.9. The summed E-state index contributed by atoms with van der Waals surface area (Å²) in [6, 6.07) is 17.0. The van der Waals surface area contributed by atoms with Gasteiger partial charge in [0.2, 0.25) is 0 Å². The monoisotopic (exact) mass is 252 g/mol. The van der Waals surface area contributed by atoms with Gasteiger partial charge in [0.15, 0.2) is 0 Å². The summed E-state index contributed by atoms with van der Waals surface area (Å²) in [5.74, 6) is 0. The molecule has 2 aromatic carbocycles. The molecule has 2 nitrogen and oxygen atoms in total. The Morgan fingerprint density at radius 3 is 2.47 bits per heavy atom. The predicted molar refractivity (Wildman–Crippen MR) is 80.1 cm³/mol. The lowest BCUT2D eigenvalue weighted by Gasteiger charge is -2.25. The Bertz CT molecular complexity index is 605. The zero-order valence-corrected chi connectivity index (χ0v) is 11.9. The van der Waals surface area contributed by atoms with E-state index in [9.17, 15) is 5.26 Å². The molecule has 0 spiro atoms. The fourth-order valence-electron chi connectivity index (χ4n) is 2.40. The van der Waals surface area contributed by atoms with E-state index in [4.69, 9.17) is 0 Å². The van der Waals surface area contributed by atoms with Crippen molar-refractivity contribution in [3.63, 3.8) is 0 Å². The Morgan fingerprint density at radius 2 is 1.79 bits per heavy atom. The second-order valence-electron chi connectivity index (χ2n) is 5.52. The van der Waals surface area contributed by atoms with Gasteiger partial charge in [0, 0.05) is 0 Å². The first-order chi connectivity index (χ1) is 9.07. The van der Waals surface area contributed by atoms with Gasteiger partial charge < -0.3 is 4.90 Å². The molecule has 0 amide bonds. The van der Waals surface area contributed by atoms with Crippen LogP contribution in [0.25, 0.3) is 10.8 Å². The highest BCUT2D eigenvalue weighted by atomic mass is 15.0. The van der Waals surface area contributed by atoms with Crippen LogP contribution in [0.2, 0.25) is 0 Å². The normalized spacial score (nSPS) is 14.3. The first kappa shape index (κ1) is 13.6. The molecule has 0 N–H and O–H groups in total. The van der Waals surface area contributed by atoms with Gasteiger partial charge in [-0.15, -0.1) is 0 Å². The lowest BCUT2D eigenvalue weighted by atomic mass is 9.78. The van der Waals surface area contributed by atoms with E-state index in [1.54, 1.807) is 0 Å². The van der Waals surface area contributed by atoms with Crippen LogP contribution in [0.5, 0.6) is 0 Å². The van der Waals surface area contributed by atoms with Crippen LogP contribution in [0.1, 0.15) is 18.9 Å². The van der Waals surface area contributed by atoms with E-state index in [-0.39, 0.29) is 0 Å². The molecule has 0 aromatic heterocycles. The SMILES string of the molecule is CN(C)CC[C@](C)(C#N)c1cccc2ccccc12. The van der Waals surface area contributed by atoms with Gasteiger partial charge in [-0.05, 0) is 50.3 Å². The smallest absolute Gasteiger partial charge is 0.0812 e. The number of nitrogens with zero attached hydrogens (tertiary/aromatic N) is 2. The Morgan fingerprint density at radius 1 is 1.11 bits per heavy atom. The lowest BCUT2D eigenvalue weighted by molar-refractivity contribution is 0.364. The Balaban J connectivity index is 2.49. The van der Waals surface area contributed by atoms with Crippen LogP contribution < -0.4 is 0 Å². The largest absolute Gasteiger partial charge is 0.309 e. The topological polar surface area (TPSA) is 27.0 Å². The van der Waals surface area contributed by atoms with Gasteiger partial charge in [-0.2, -0.15) is 5.26 Å². The third-order valence-corrected chi connectivity index (χ3v) is 3.69. The van der Waals surface area contributed by atoms with Gasteiger partial charge >= 0.3 is 0 Å². The predicted octanol–water partition coefficient (Wildman–Crippen LogP) is 3.57. The van der Waals surface area contributed by atoms with E-state index in [0.29, 0.717) is 0 Å². The maximum atomic E-state index is 9.64. The summed E-state index contributed by atoms with van der Waals surface area (Å²) in [6.07, 6.45) is 0.838. The van der Waals surface area contributed by atoms with Crippen molar-refractivity contribution in [1.82, 2.24) is 4.90 Å². The summed E-state index contributed by atoms with van der Waals surface area (Å²) in [5.41, 5.74) is 0.695. The molecule has 0 radical (unpaired) electrons. The van der Waals surface area contributed by atoms with Gasteiger partial charge in [-0.1, -0.05) is 42.5 Å². The van der Waals surface area contributed by atoms with E-state index in [1.807, 2.05) is 39.2 Å². The highest BCUT2D eigenvalue weighted by Gasteiger charge is 2.27. The molecular weight excluding hydrogens is 232 g/mol. The quantitative estimate of drug-likeness (QED) is 0.831. The molecule has 98 valence electrons. The van der Waals surface area contributed by atoms with Crippen molar-refractivity contribution >= 4 is 10.8 Å². The van der Waals surface area contributed by atoms with E-state index in [2.05, 4.69) is 35.2 Å². The summed E-state index contributed by atoms with van der Waals surface area (Å²) in [4.78, 5) is 2.13. The van der Waals surface area contributed by atoms with Crippen LogP contribution in [-0.2, 0) is 5.41 Å². The number of hydrogen-bond donors (Lipinski definition) is 0. The molecule has 2 rings (SSSR count). The number of rotatable bonds is 4. The summed E-state index contributed by atoms with van der Waals surface area (Å²) in [7, 11) is 4.09. The number of hydrogen-bond acceptors (Lipinski definition) is 2. The van der Waals surface area contributed by atoms with Crippen molar-refractivity contribution < 1.29 is 0 Å². The van der Waals surface area contributed by atoms with Crippen molar-refractivity contribution in [2.45, 2.75) is 18.8 Å². The van der Waals surface area contributed by atoms with Crippen LogP contribution >= 0.6 is 0 Å². The molecule has 0 unspecified atom stereocenters.